The Morgan fingerprint density at radius 2 is 1.68 bits per heavy atom. The van der Waals surface area contributed by atoms with Crippen LogP contribution in [0.2, 0.25) is 0 Å². The first-order valence-corrected chi connectivity index (χ1v) is 12.0. The van der Waals surface area contributed by atoms with Crippen molar-refractivity contribution >= 4 is 17.8 Å². The first kappa shape index (κ1) is 23.8. The lowest BCUT2D eigenvalue weighted by Crippen LogP contribution is -2.55. The molecule has 7 nitrogen and oxygen atoms in total. The van der Waals surface area contributed by atoms with Gasteiger partial charge < -0.3 is 20.1 Å². The highest BCUT2D eigenvalue weighted by Crippen LogP contribution is 2.28. The van der Waals surface area contributed by atoms with Crippen molar-refractivity contribution in [2.75, 3.05) is 7.11 Å². The standard InChI is InChI=1S/C27H32N2O5/c1-33-27(32)23-17-19-6-5-9-22(16-19)34-21-13-10-18(11-14-21)12-15-24(30)29-25(26(31)28-23)20-7-3-2-4-8-20/h5-6,9-11,13-14,16,20,23,25H,2-4,7-8,12,15,17H2,1H3,(H,28,31)(H,29,30)/t23-,25-/m0/s1. The van der Waals surface area contributed by atoms with Crippen molar-refractivity contribution in [3.63, 3.8) is 0 Å². The van der Waals surface area contributed by atoms with Crippen LogP contribution in [0.15, 0.2) is 48.5 Å². The Bertz CT molecular complexity index is 1010. The summed E-state index contributed by atoms with van der Waals surface area (Å²) in [6, 6.07) is 13.6. The summed E-state index contributed by atoms with van der Waals surface area (Å²) in [5, 5.41) is 5.84. The summed E-state index contributed by atoms with van der Waals surface area (Å²) < 4.78 is 11.0. The van der Waals surface area contributed by atoms with Gasteiger partial charge in [0.1, 0.15) is 23.6 Å². The number of carbonyl (C=O) groups excluding carboxylic acids is 3. The molecule has 180 valence electrons. The maximum Gasteiger partial charge on any atom is 0.328 e. The minimum absolute atomic E-state index is 0.0501. The monoisotopic (exact) mass is 464 g/mol. The number of rotatable bonds is 2. The van der Waals surface area contributed by atoms with E-state index >= 15 is 0 Å². The van der Waals surface area contributed by atoms with Gasteiger partial charge in [0.15, 0.2) is 0 Å². The predicted molar refractivity (Wildman–Crippen MR) is 127 cm³/mol. The second-order valence-corrected chi connectivity index (χ2v) is 9.13. The third kappa shape index (κ3) is 6.16. The molecular weight excluding hydrogens is 432 g/mol. The van der Waals surface area contributed by atoms with Crippen LogP contribution in [-0.2, 0) is 32.0 Å². The van der Waals surface area contributed by atoms with Crippen molar-refractivity contribution in [1.29, 1.82) is 0 Å². The molecule has 2 amide bonds. The minimum Gasteiger partial charge on any atom is -0.467 e. The first-order chi connectivity index (χ1) is 16.5. The zero-order chi connectivity index (χ0) is 23.9. The molecule has 2 aromatic carbocycles. The van der Waals surface area contributed by atoms with Crippen LogP contribution >= 0.6 is 0 Å². The van der Waals surface area contributed by atoms with Crippen molar-refractivity contribution in [2.45, 2.75) is 63.5 Å². The number of carbonyl (C=O) groups is 3. The second kappa shape index (κ2) is 11.2. The highest BCUT2D eigenvalue weighted by molar-refractivity contribution is 5.91. The summed E-state index contributed by atoms with van der Waals surface area (Å²) in [5.41, 5.74) is 1.84. The normalized spacial score (nSPS) is 22.1. The van der Waals surface area contributed by atoms with Gasteiger partial charge in [-0.15, -0.1) is 0 Å². The first-order valence-electron chi connectivity index (χ1n) is 12.0. The van der Waals surface area contributed by atoms with Gasteiger partial charge in [-0.2, -0.15) is 0 Å². The molecule has 1 fully saturated rings. The highest BCUT2D eigenvalue weighted by Gasteiger charge is 2.33. The number of hydrogen-bond donors (Lipinski definition) is 2. The summed E-state index contributed by atoms with van der Waals surface area (Å²) in [6.07, 6.45) is 6.04. The molecule has 34 heavy (non-hydrogen) atoms. The van der Waals surface area contributed by atoms with E-state index in [9.17, 15) is 14.4 Å². The Morgan fingerprint density at radius 1 is 0.912 bits per heavy atom. The van der Waals surface area contributed by atoms with Gasteiger partial charge in [0.05, 0.1) is 7.11 Å². The van der Waals surface area contributed by atoms with Gasteiger partial charge >= 0.3 is 5.97 Å². The van der Waals surface area contributed by atoms with Gasteiger partial charge in [0.2, 0.25) is 11.8 Å². The molecule has 2 atom stereocenters. The van der Waals surface area contributed by atoms with Gasteiger partial charge in [-0.05, 0) is 60.6 Å². The number of benzene rings is 2. The van der Waals surface area contributed by atoms with Crippen LogP contribution in [-0.4, -0.2) is 37.0 Å². The maximum atomic E-state index is 13.4. The number of nitrogens with one attached hydrogen (secondary N) is 2. The number of methoxy groups -OCH3 is 1. The highest BCUT2D eigenvalue weighted by atomic mass is 16.5. The lowest BCUT2D eigenvalue weighted by molar-refractivity contribution is -0.145. The van der Waals surface area contributed by atoms with E-state index < -0.39 is 18.1 Å². The van der Waals surface area contributed by atoms with Crippen molar-refractivity contribution in [1.82, 2.24) is 10.6 Å². The molecule has 4 bridgehead atoms. The van der Waals surface area contributed by atoms with Gasteiger partial charge in [0, 0.05) is 12.8 Å². The minimum atomic E-state index is -0.870. The molecule has 2 heterocycles. The van der Waals surface area contributed by atoms with Crippen molar-refractivity contribution in [2.24, 2.45) is 5.92 Å². The van der Waals surface area contributed by atoms with Crippen LogP contribution in [0.5, 0.6) is 11.5 Å². The average molecular weight is 465 g/mol. The Labute approximate surface area is 200 Å². The Morgan fingerprint density at radius 3 is 2.41 bits per heavy atom. The SMILES string of the molecule is COC(=O)[C@@H]1Cc2cccc(c2)Oc2ccc(cc2)CCC(=O)N[C@@H](C2CCCCC2)C(=O)N1. The van der Waals surface area contributed by atoms with Crippen LogP contribution in [0.1, 0.15) is 49.7 Å². The fourth-order valence-electron chi connectivity index (χ4n) is 4.80. The summed E-state index contributed by atoms with van der Waals surface area (Å²) in [6.45, 7) is 0. The van der Waals surface area contributed by atoms with Crippen LogP contribution in [0.25, 0.3) is 0 Å². The third-order valence-electron chi connectivity index (χ3n) is 6.66. The molecule has 2 N–H and O–H groups in total. The van der Waals surface area contributed by atoms with Crippen molar-refractivity contribution in [3.8, 4) is 11.5 Å². The van der Waals surface area contributed by atoms with E-state index in [-0.39, 0.29) is 30.6 Å². The molecule has 0 radical (unpaired) electrons. The quantitative estimate of drug-likeness (QED) is 0.661. The number of fused-ring (bicyclic) bond motifs is 10. The van der Waals surface area contributed by atoms with E-state index in [1.54, 1.807) is 0 Å². The molecule has 3 aliphatic rings. The van der Waals surface area contributed by atoms with Crippen LogP contribution < -0.4 is 15.4 Å². The Kier molecular flexibility index (Phi) is 7.83. The van der Waals surface area contributed by atoms with Crippen LogP contribution in [0.3, 0.4) is 0 Å². The molecule has 5 rings (SSSR count). The number of hydrogen-bond acceptors (Lipinski definition) is 5. The van der Waals surface area contributed by atoms with E-state index in [1.807, 2.05) is 48.5 Å². The Balaban J connectivity index is 1.65. The van der Waals surface area contributed by atoms with E-state index in [0.29, 0.717) is 17.9 Å². The topological polar surface area (TPSA) is 93.7 Å². The molecule has 0 spiro atoms. The van der Waals surface area contributed by atoms with Crippen molar-refractivity contribution < 1.29 is 23.9 Å². The molecule has 1 aliphatic carbocycles. The van der Waals surface area contributed by atoms with Gasteiger partial charge in [0.25, 0.3) is 0 Å². The number of aryl methyl sites for hydroxylation is 1. The zero-order valence-electron chi connectivity index (χ0n) is 19.5. The largest absolute Gasteiger partial charge is 0.467 e. The summed E-state index contributed by atoms with van der Waals surface area (Å²) in [7, 11) is 1.31. The average Bonchev–Trinajstić information content (AvgIpc) is 2.86. The molecule has 0 aromatic heterocycles. The smallest absolute Gasteiger partial charge is 0.328 e. The zero-order valence-corrected chi connectivity index (χ0v) is 19.5. The second-order valence-electron chi connectivity index (χ2n) is 9.13. The van der Waals surface area contributed by atoms with E-state index in [1.165, 1.54) is 7.11 Å². The molecule has 2 aromatic rings. The number of esters is 1. The summed E-state index contributed by atoms with van der Waals surface area (Å²) in [4.78, 5) is 38.8. The van der Waals surface area contributed by atoms with Crippen LogP contribution in [0.4, 0.5) is 0 Å². The predicted octanol–water partition coefficient (Wildman–Crippen LogP) is 3.69. The molecular formula is C27H32N2O5. The molecule has 0 saturated heterocycles. The van der Waals surface area contributed by atoms with Crippen molar-refractivity contribution in [3.05, 3.63) is 59.7 Å². The number of amides is 2. The van der Waals surface area contributed by atoms with Crippen LogP contribution in [0, 0.1) is 5.92 Å². The molecule has 0 unspecified atom stereocenters. The summed E-state index contributed by atoms with van der Waals surface area (Å²) in [5.74, 6) is 0.343. The Hall–Kier alpha value is -3.35. The van der Waals surface area contributed by atoms with E-state index in [0.717, 1.165) is 43.2 Å². The molecule has 1 saturated carbocycles. The third-order valence-corrected chi connectivity index (χ3v) is 6.66. The lowest BCUT2D eigenvalue weighted by Gasteiger charge is -2.31. The van der Waals surface area contributed by atoms with E-state index in [4.69, 9.17) is 9.47 Å². The maximum absolute atomic E-state index is 13.4. The number of ether oxygens (including phenoxy) is 2. The van der Waals surface area contributed by atoms with Gasteiger partial charge in [-0.1, -0.05) is 43.5 Å². The summed E-state index contributed by atoms with van der Waals surface area (Å²) >= 11 is 0. The van der Waals surface area contributed by atoms with E-state index in [2.05, 4.69) is 10.6 Å². The fraction of sp³-hybridized carbons (Fsp3) is 0.444. The molecule has 2 aliphatic heterocycles. The fourth-order valence-corrected chi connectivity index (χ4v) is 4.80. The van der Waals surface area contributed by atoms with Gasteiger partial charge in [-0.3, -0.25) is 9.59 Å². The molecule has 7 heteroatoms. The lowest BCUT2D eigenvalue weighted by atomic mass is 9.83. The van der Waals surface area contributed by atoms with Gasteiger partial charge in [-0.25, -0.2) is 4.79 Å².